The molecule has 1 unspecified atom stereocenters. The lowest BCUT2D eigenvalue weighted by molar-refractivity contribution is 0.601. The molecule has 0 spiro atoms. The summed E-state index contributed by atoms with van der Waals surface area (Å²) in [6.45, 7) is 8.42. The quantitative estimate of drug-likeness (QED) is 0.575. The highest BCUT2D eigenvalue weighted by atomic mass is 32.2. The van der Waals surface area contributed by atoms with Crippen LogP contribution in [0.15, 0.2) is 47.4 Å². The summed E-state index contributed by atoms with van der Waals surface area (Å²) in [6, 6.07) is 13.2. The summed E-state index contributed by atoms with van der Waals surface area (Å²) in [7, 11) is -3.29. The van der Waals surface area contributed by atoms with Gasteiger partial charge in [0.05, 0.1) is 10.9 Å². The van der Waals surface area contributed by atoms with Crippen LogP contribution in [-0.4, -0.2) is 24.0 Å². The smallest absolute Gasteiger partial charge is 0.203 e. The molecule has 3 aromatic rings. The summed E-state index contributed by atoms with van der Waals surface area (Å²) in [6.07, 6.45) is 2.06. The lowest BCUT2D eigenvalue weighted by Crippen LogP contribution is -2.14. The van der Waals surface area contributed by atoms with Crippen molar-refractivity contribution in [2.24, 2.45) is 5.92 Å². The van der Waals surface area contributed by atoms with Gasteiger partial charge in [0.25, 0.3) is 0 Å². The van der Waals surface area contributed by atoms with Crippen LogP contribution in [0.2, 0.25) is 0 Å². The fourth-order valence-electron chi connectivity index (χ4n) is 3.30. The van der Waals surface area contributed by atoms with Gasteiger partial charge < -0.3 is 5.32 Å². The molecule has 0 aliphatic rings. The third kappa shape index (κ3) is 5.42. The van der Waals surface area contributed by atoms with Crippen LogP contribution in [0.4, 0.5) is 5.13 Å². The molecule has 1 atom stereocenters. The maximum Gasteiger partial charge on any atom is 0.203 e. The Morgan fingerprint density at radius 2 is 1.86 bits per heavy atom. The molecule has 1 aromatic heterocycles. The van der Waals surface area contributed by atoms with Gasteiger partial charge in [-0.15, -0.1) is 0 Å². The SMILES string of the molecule is Cc1ccc(C(Nc2nc(CC(C)C)ns2)c2cccc(S(C)(=O)=O)c2)c(C)c1. The van der Waals surface area contributed by atoms with Gasteiger partial charge in [-0.25, -0.2) is 13.4 Å². The minimum absolute atomic E-state index is 0.225. The molecule has 7 heteroatoms. The third-order valence-electron chi connectivity index (χ3n) is 4.68. The van der Waals surface area contributed by atoms with Crippen LogP contribution in [0.1, 0.15) is 48.0 Å². The number of aromatic nitrogens is 2. The topological polar surface area (TPSA) is 72.0 Å². The van der Waals surface area contributed by atoms with Gasteiger partial charge in [-0.2, -0.15) is 4.37 Å². The predicted octanol–water partition coefficient (Wildman–Crippen LogP) is 4.96. The van der Waals surface area contributed by atoms with Crippen molar-refractivity contribution in [2.45, 2.75) is 45.1 Å². The average molecular weight is 430 g/mol. The van der Waals surface area contributed by atoms with Gasteiger partial charge in [-0.1, -0.05) is 49.7 Å². The molecular weight excluding hydrogens is 402 g/mol. The van der Waals surface area contributed by atoms with E-state index in [9.17, 15) is 8.42 Å². The number of rotatable bonds is 7. The van der Waals surface area contributed by atoms with Crippen LogP contribution in [0.25, 0.3) is 0 Å². The Bertz CT molecular complexity index is 1100. The van der Waals surface area contributed by atoms with E-state index in [0.717, 1.165) is 34.1 Å². The lowest BCUT2D eigenvalue weighted by Gasteiger charge is -2.22. The first-order chi connectivity index (χ1) is 13.6. The summed E-state index contributed by atoms with van der Waals surface area (Å²) in [5, 5.41) is 4.23. The fourth-order valence-corrected chi connectivity index (χ4v) is 4.60. The molecule has 1 N–H and O–H groups in total. The van der Waals surface area contributed by atoms with Gasteiger partial charge >= 0.3 is 0 Å². The highest BCUT2D eigenvalue weighted by Gasteiger charge is 2.20. The second kappa shape index (κ2) is 8.63. The number of aryl methyl sites for hydroxylation is 2. The van der Waals surface area contributed by atoms with Gasteiger partial charge in [0.15, 0.2) is 9.84 Å². The molecule has 0 aliphatic carbocycles. The van der Waals surface area contributed by atoms with Crippen LogP contribution >= 0.6 is 11.5 Å². The fraction of sp³-hybridized carbons (Fsp3) is 0.364. The molecule has 0 saturated carbocycles. The second-order valence-electron chi connectivity index (χ2n) is 7.90. The van der Waals surface area contributed by atoms with Crippen molar-refractivity contribution in [1.82, 2.24) is 9.36 Å². The van der Waals surface area contributed by atoms with Crippen molar-refractivity contribution in [3.8, 4) is 0 Å². The first-order valence-corrected chi connectivity index (χ1v) is 12.3. The number of sulfone groups is 1. The molecule has 0 bridgehead atoms. The van der Waals surface area contributed by atoms with Gasteiger partial charge in [0, 0.05) is 24.2 Å². The normalized spacial score (nSPS) is 12.9. The highest BCUT2D eigenvalue weighted by molar-refractivity contribution is 7.90. The Labute approximate surface area is 177 Å². The van der Waals surface area contributed by atoms with E-state index >= 15 is 0 Å². The van der Waals surface area contributed by atoms with Gasteiger partial charge in [0.1, 0.15) is 5.82 Å². The Kier molecular flexibility index (Phi) is 6.39. The van der Waals surface area contributed by atoms with Crippen LogP contribution in [-0.2, 0) is 16.3 Å². The van der Waals surface area contributed by atoms with Crippen LogP contribution in [0.5, 0.6) is 0 Å². The van der Waals surface area contributed by atoms with E-state index in [1.165, 1.54) is 23.4 Å². The Balaban J connectivity index is 2.04. The average Bonchev–Trinajstić information content (AvgIpc) is 3.06. The molecule has 0 amide bonds. The van der Waals surface area contributed by atoms with E-state index < -0.39 is 9.84 Å². The van der Waals surface area contributed by atoms with Crippen LogP contribution in [0, 0.1) is 19.8 Å². The van der Waals surface area contributed by atoms with Crippen molar-refractivity contribution < 1.29 is 8.42 Å². The van der Waals surface area contributed by atoms with Gasteiger partial charge in [-0.3, -0.25) is 0 Å². The van der Waals surface area contributed by atoms with Crippen LogP contribution < -0.4 is 5.32 Å². The Morgan fingerprint density at radius 3 is 2.52 bits per heavy atom. The molecule has 5 nitrogen and oxygen atoms in total. The highest BCUT2D eigenvalue weighted by Crippen LogP contribution is 2.31. The number of anilines is 1. The monoisotopic (exact) mass is 429 g/mol. The summed E-state index contributed by atoms with van der Waals surface area (Å²) in [5.41, 5.74) is 4.28. The van der Waals surface area contributed by atoms with Crippen molar-refractivity contribution in [2.75, 3.05) is 11.6 Å². The minimum atomic E-state index is -3.29. The maximum atomic E-state index is 12.1. The van der Waals surface area contributed by atoms with Crippen LogP contribution in [0.3, 0.4) is 0 Å². The third-order valence-corrected chi connectivity index (χ3v) is 6.48. The van der Waals surface area contributed by atoms with Crippen molar-refractivity contribution >= 4 is 26.5 Å². The molecule has 0 aliphatic heterocycles. The van der Waals surface area contributed by atoms with E-state index in [1.54, 1.807) is 18.2 Å². The number of benzene rings is 2. The zero-order chi connectivity index (χ0) is 21.2. The minimum Gasteiger partial charge on any atom is -0.349 e. The standard InChI is InChI=1S/C22H27N3O2S2/c1-14(2)11-20-23-22(28-25-20)24-21(19-10-9-15(3)12-16(19)4)17-7-6-8-18(13-17)29(5,26)27/h6-10,12-14,21H,11H2,1-5H3,(H,23,24,25). The van der Waals surface area contributed by atoms with E-state index in [4.69, 9.17) is 0 Å². The Hall–Kier alpha value is -2.25. The van der Waals surface area contributed by atoms with Gasteiger partial charge in [-0.05, 0) is 48.6 Å². The second-order valence-corrected chi connectivity index (χ2v) is 10.7. The molecule has 154 valence electrons. The largest absolute Gasteiger partial charge is 0.349 e. The summed E-state index contributed by atoms with van der Waals surface area (Å²) in [5.74, 6) is 1.32. The summed E-state index contributed by atoms with van der Waals surface area (Å²) in [4.78, 5) is 4.95. The van der Waals surface area contributed by atoms with Gasteiger partial charge in [0.2, 0.25) is 5.13 Å². The Morgan fingerprint density at radius 1 is 1.10 bits per heavy atom. The van der Waals surface area contributed by atoms with Crippen molar-refractivity contribution in [3.05, 3.63) is 70.5 Å². The lowest BCUT2D eigenvalue weighted by atomic mass is 9.94. The maximum absolute atomic E-state index is 12.1. The molecule has 2 aromatic carbocycles. The summed E-state index contributed by atoms with van der Waals surface area (Å²) >= 11 is 1.34. The zero-order valence-electron chi connectivity index (χ0n) is 17.4. The summed E-state index contributed by atoms with van der Waals surface area (Å²) < 4.78 is 28.6. The number of nitrogens with zero attached hydrogens (tertiary/aromatic N) is 2. The predicted molar refractivity (Wildman–Crippen MR) is 119 cm³/mol. The van der Waals surface area contributed by atoms with Crippen molar-refractivity contribution in [1.29, 1.82) is 0 Å². The molecular formula is C22H27N3O2S2. The molecule has 29 heavy (non-hydrogen) atoms. The number of hydrogen-bond acceptors (Lipinski definition) is 6. The molecule has 0 radical (unpaired) electrons. The molecule has 3 rings (SSSR count). The van der Waals surface area contributed by atoms with E-state index in [-0.39, 0.29) is 6.04 Å². The first-order valence-electron chi connectivity index (χ1n) is 9.60. The first kappa shape index (κ1) is 21.5. The molecule has 0 saturated heterocycles. The van der Waals surface area contributed by atoms with E-state index in [2.05, 4.69) is 60.6 Å². The van der Waals surface area contributed by atoms with E-state index in [0.29, 0.717) is 10.8 Å². The number of hydrogen-bond donors (Lipinski definition) is 1. The van der Waals surface area contributed by atoms with Crippen molar-refractivity contribution in [3.63, 3.8) is 0 Å². The zero-order valence-corrected chi connectivity index (χ0v) is 19.1. The number of nitrogens with one attached hydrogen (secondary N) is 1. The van der Waals surface area contributed by atoms with E-state index in [1.807, 2.05) is 6.07 Å². The molecule has 0 fully saturated rings. The molecule has 1 heterocycles.